The zero-order chi connectivity index (χ0) is 14.5. The van der Waals surface area contributed by atoms with Crippen molar-refractivity contribution < 1.29 is 37.6 Å². The van der Waals surface area contributed by atoms with Crippen LogP contribution in [0.15, 0.2) is 84.9 Å². The second-order valence-electron chi connectivity index (χ2n) is 5.95. The van der Waals surface area contributed by atoms with Crippen molar-refractivity contribution in [2.24, 2.45) is 0 Å². The molecule has 0 saturated heterocycles. The molecule has 5 aromatic carbocycles. The highest BCUT2D eigenvalue weighted by atomic mass is 19.0. The molecule has 5 aromatic rings. The molecule has 30 heavy (non-hydrogen) atoms. The summed E-state index contributed by atoms with van der Waals surface area (Å²) >= 11 is 0. The Morgan fingerprint density at radius 2 is 0.400 bits per heavy atom. The Bertz CT molecular complexity index is 1010. The quantitative estimate of drug-likeness (QED) is 0.173. The van der Waals surface area contributed by atoms with Gasteiger partial charge in [-0.25, -0.2) is 0 Å². The van der Waals surface area contributed by atoms with Gasteiger partial charge in [-0.05, 0) is 79.5 Å². The zero-order valence-electron chi connectivity index (χ0n) is 15.3. The van der Waals surface area contributed by atoms with Crippen LogP contribution < -0.4 is 0 Å². The summed E-state index contributed by atoms with van der Waals surface area (Å²) in [4.78, 5) is 0. The van der Waals surface area contributed by atoms with E-state index in [-0.39, 0.29) is 37.6 Å². The number of rotatable bonds is 0. The van der Waals surface area contributed by atoms with Crippen LogP contribution in [0.25, 0.3) is 43.1 Å². The lowest BCUT2D eigenvalue weighted by atomic mass is 9.97. The van der Waals surface area contributed by atoms with Gasteiger partial charge in [0.2, 0.25) is 0 Å². The first-order chi connectivity index (χ1) is 10.9. The van der Waals surface area contributed by atoms with E-state index < -0.39 is 0 Å². The first-order valence-electron chi connectivity index (χ1n) is 7.62. The van der Waals surface area contributed by atoms with Crippen molar-refractivity contribution in [2.75, 3.05) is 0 Å². The predicted octanol–water partition coefficient (Wildman–Crippen LogP) is 7.52. The van der Waals surface area contributed by atoms with Crippen LogP contribution in [0.5, 0.6) is 0 Å². The third-order valence-corrected chi connectivity index (χ3v) is 4.52. The Morgan fingerprint density at radius 1 is 0.233 bits per heavy atom. The number of hydrogen-bond donors (Lipinski definition) is 0. The summed E-state index contributed by atoms with van der Waals surface area (Å²) in [6.07, 6.45) is 0. The zero-order valence-corrected chi connectivity index (χ0v) is 15.3. The van der Waals surface area contributed by atoms with Crippen LogP contribution in [0.4, 0.5) is 37.6 Å². The summed E-state index contributed by atoms with van der Waals surface area (Å²) in [6.45, 7) is 0. The van der Waals surface area contributed by atoms with Gasteiger partial charge < -0.3 is 0 Å². The highest BCUT2D eigenvalue weighted by Gasteiger charge is 2.02. The van der Waals surface area contributed by atoms with Gasteiger partial charge in [0.15, 0.2) is 0 Å². The van der Waals surface area contributed by atoms with E-state index in [1.807, 2.05) is 0 Å². The molecule has 8 heteroatoms. The largest absolute Gasteiger partial charge is 0.269 e. The van der Waals surface area contributed by atoms with E-state index in [9.17, 15) is 0 Å². The molecule has 0 nitrogen and oxygen atoms in total. The molecule has 0 aliphatic heterocycles. The Morgan fingerprint density at radius 3 is 0.600 bits per heavy atom. The van der Waals surface area contributed by atoms with E-state index in [1.54, 1.807) is 0 Å². The second-order valence-corrected chi connectivity index (χ2v) is 5.95. The lowest BCUT2D eigenvalue weighted by molar-refractivity contribution is 1.11. The van der Waals surface area contributed by atoms with Crippen molar-refractivity contribution >= 4 is 43.1 Å². The van der Waals surface area contributed by atoms with Crippen molar-refractivity contribution in [3.63, 3.8) is 0 Å². The van der Waals surface area contributed by atoms with Crippen molar-refractivity contribution in [3.8, 4) is 0 Å². The van der Waals surface area contributed by atoms with Crippen LogP contribution in [0, 0.1) is 0 Å². The van der Waals surface area contributed by atoms with Gasteiger partial charge in [0.25, 0.3) is 0 Å². The first kappa shape index (κ1) is 34.1. The predicted molar refractivity (Wildman–Crippen MR) is 116 cm³/mol. The average Bonchev–Trinajstić information content (AvgIpc) is 2.56. The van der Waals surface area contributed by atoms with Gasteiger partial charge in [0.1, 0.15) is 0 Å². The van der Waals surface area contributed by atoms with E-state index in [0.717, 1.165) is 0 Å². The third-order valence-electron chi connectivity index (χ3n) is 4.52. The SMILES string of the molecule is F.F.F.F.F.F.F.F.c1ccc2cc3cc4cc5ccccc5cc4cc3cc2c1. The van der Waals surface area contributed by atoms with Crippen LogP contribution in [0.2, 0.25) is 0 Å². The molecule has 0 aromatic heterocycles. The molecule has 0 amide bonds. The molecule has 0 bridgehead atoms. The van der Waals surface area contributed by atoms with Crippen LogP contribution in [0.1, 0.15) is 0 Å². The van der Waals surface area contributed by atoms with Gasteiger partial charge in [-0.1, -0.05) is 48.5 Å². The summed E-state index contributed by atoms with van der Waals surface area (Å²) < 4.78 is 0. The minimum atomic E-state index is 0. The molecule has 0 fully saturated rings. The maximum Gasteiger partial charge on any atom is -0.0171 e. The molecule has 0 atom stereocenters. The Balaban J connectivity index is -0.000000422. The van der Waals surface area contributed by atoms with Gasteiger partial charge in [-0.3, -0.25) is 37.6 Å². The van der Waals surface area contributed by atoms with E-state index in [0.29, 0.717) is 0 Å². The van der Waals surface area contributed by atoms with Gasteiger partial charge >= 0.3 is 0 Å². The van der Waals surface area contributed by atoms with Gasteiger partial charge in [-0.15, -0.1) is 0 Å². The van der Waals surface area contributed by atoms with Crippen LogP contribution in [0.3, 0.4) is 0 Å². The molecule has 0 unspecified atom stereocenters. The van der Waals surface area contributed by atoms with Crippen molar-refractivity contribution in [1.29, 1.82) is 0 Å². The standard InChI is InChI=1S/C22H14.8FH/c1-2-6-16-10-20-14-22-12-18-8-4-3-7-17(18)11-21(22)13-19(20)9-15(16)5-1;;;;;;;;/h1-14H;8*1H. The minimum Gasteiger partial charge on any atom is -0.269 e. The topological polar surface area (TPSA) is 0 Å². The normalized spacial score (nSPS) is 8.53. The Kier molecular flexibility index (Phi) is 14.7. The molecule has 166 valence electrons. The lowest BCUT2D eigenvalue weighted by Crippen LogP contribution is -1.80. The fraction of sp³-hybridized carbons (Fsp3) is 0. The summed E-state index contributed by atoms with van der Waals surface area (Å²) in [7, 11) is 0. The number of hydrogen-bond acceptors (Lipinski definition) is 0. The van der Waals surface area contributed by atoms with Crippen LogP contribution >= 0.6 is 0 Å². The monoisotopic (exact) mass is 438 g/mol. The first-order valence-corrected chi connectivity index (χ1v) is 7.62. The third kappa shape index (κ3) is 5.34. The van der Waals surface area contributed by atoms with E-state index in [1.165, 1.54) is 43.1 Å². The molecule has 0 spiro atoms. The number of fused-ring (bicyclic) bond motifs is 4. The summed E-state index contributed by atoms with van der Waals surface area (Å²) in [5, 5.41) is 10.4. The fourth-order valence-corrected chi connectivity index (χ4v) is 3.39. The molecule has 5 rings (SSSR count). The molecule has 0 saturated carbocycles. The molecule has 0 radical (unpaired) electrons. The molecule has 0 heterocycles. The van der Waals surface area contributed by atoms with Gasteiger partial charge in [-0.2, -0.15) is 0 Å². The van der Waals surface area contributed by atoms with E-state index in [2.05, 4.69) is 84.9 Å². The summed E-state index contributed by atoms with van der Waals surface area (Å²) in [5.74, 6) is 0. The molecular formula is C22H22F8. The van der Waals surface area contributed by atoms with Crippen LogP contribution in [-0.4, -0.2) is 0 Å². The molecule has 0 aliphatic carbocycles. The van der Waals surface area contributed by atoms with Crippen molar-refractivity contribution in [3.05, 3.63) is 84.9 Å². The van der Waals surface area contributed by atoms with Crippen LogP contribution in [-0.2, 0) is 0 Å². The fourth-order valence-electron chi connectivity index (χ4n) is 3.39. The van der Waals surface area contributed by atoms with E-state index >= 15 is 0 Å². The molecule has 0 N–H and O–H groups in total. The van der Waals surface area contributed by atoms with Crippen molar-refractivity contribution in [2.45, 2.75) is 0 Å². The minimum absolute atomic E-state index is 0. The van der Waals surface area contributed by atoms with Gasteiger partial charge in [0.05, 0.1) is 0 Å². The highest BCUT2D eigenvalue weighted by molar-refractivity contribution is 6.08. The Hall–Kier alpha value is -3.42. The smallest absolute Gasteiger partial charge is 0.0171 e. The maximum absolute atomic E-state index is 2.31. The molecule has 0 aliphatic rings. The average molecular weight is 438 g/mol. The second kappa shape index (κ2) is 12.9. The highest BCUT2D eigenvalue weighted by Crippen LogP contribution is 2.29. The van der Waals surface area contributed by atoms with Gasteiger partial charge in [0, 0.05) is 0 Å². The maximum atomic E-state index is 2.31. The summed E-state index contributed by atoms with van der Waals surface area (Å²) in [6, 6.07) is 30.9. The van der Waals surface area contributed by atoms with E-state index in [4.69, 9.17) is 0 Å². The lowest BCUT2D eigenvalue weighted by Gasteiger charge is -2.07. The summed E-state index contributed by atoms with van der Waals surface area (Å²) in [5.41, 5.74) is 0. The number of halogens is 8. The number of benzene rings is 5. The van der Waals surface area contributed by atoms with Crippen molar-refractivity contribution in [1.82, 2.24) is 0 Å². The molecular weight excluding hydrogens is 416 g/mol. The Labute approximate surface area is 166 Å².